The molecule has 2 aromatic rings. The van der Waals surface area contributed by atoms with Crippen molar-refractivity contribution in [1.29, 1.82) is 5.26 Å². The van der Waals surface area contributed by atoms with Crippen LogP contribution in [0.4, 0.5) is 0 Å². The van der Waals surface area contributed by atoms with E-state index in [1.807, 2.05) is 48.1 Å². The quantitative estimate of drug-likeness (QED) is 0.850. The summed E-state index contributed by atoms with van der Waals surface area (Å²) in [4.78, 5) is 4.21. The van der Waals surface area contributed by atoms with E-state index >= 15 is 0 Å². The second-order valence-electron chi connectivity index (χ2n) is 4.06. The van der Waals surface area contributed by atoms with Gasteiger partial charge in [-0.2, -0.15) is 5.26 Å². The van der Waals surface area contributed by atoms with Crippen LogP contribution >= 0.6 is 11.8 Å². The first-order chi connectivity index (χ1) is 8.65. The van der Waals surface area contributed by atoms with Crippen molar-refractivity contribution >= 4 is 11.8 Å². The number of nitrogens with zero attached hydrogens (tertiary/aromatic N) is 3. The molecular formula is C13H14N4S. The first kappa shape index (κ1) is 12.7. The zero-order chi connectivity index (χ0) is 13.0. The molecule has 1 heterocycles. The Morgan fingerprint density at radius 1 is 1.44 bits per heavy atom. The largest absolute Gasteiger partial charge is 0.329 e. The molecule has 4 nitrogen and oxygen atoms in total. The number of imidazole rings is 1. The molecule has 1 aromatic heterocycles. The summed E-state index contributed by atoms with van der Waals surface area (Å²) in [6, 6.07) is 11.6. The van der Waals surface area contributed by atoms with Gasteiger partial charge in [-0.1, -0.05) is 42.1 Å². The van der Waals surface area contributed by atoms with Gasteiger partial charge >= 0.3 is 0 Å². The molecule has 0 radical (unpaired) electrons. The van der Waals surface area contributed by atoms with Crippen molar-refractivity contribution in [2.24, 2.45) is 12.8 Å². The minimum absolute atomic E-state index is 0.471. The van der Waals surface area contributed by atoms with Crippen molar-refractivity contribution in [1.82, 2.24) is 9.55 Å². The maximum absolute atomic E-state index is 9.32. The van der Waals surface area contributed by atoms with E-state index in [2.05, 4.69) is 11.1 Å². The lowest BCUT2D eigenvalue weighted by molar-refractivity contribution is 0.655. The number of nitrogens with two attached hydrogens (primary N) is 1. The van der Waals surface area contributed by atoms with E-state index in [-0.39, 0.29) is 0 Å². The van der Waals surface area contributed by atoms with Gasteiger partial charge in [-0.25, -0.2) is 4.98 Å². The van der Waals surface area contributed by atoms with Crippen molar-refractivity contribution in [2.75, 3.05) is 5.75 Å². The van der Waals surface area contributed by atoms with Crippen molar-refractivity contribution < 1.29 is 0 Å². The van der Waals surface area contributed by atoms with Crippen molar-refractivity contribution in [3.05, 3.63) is 48.3 Å². The second kappa shape index (κ2) is 5.25. The Kier molecular flexibility index (Phi) is 3.70. The minimum Gasteiger partial charge on any atom is -0.329 e. The summed E-state index contributed by atoms with van der Waals surface area (Å²) >= 11 is 1.48. The molecule has 0 aliphatic heterocycles. The first-order valence-corrected chi connectivity index (χ1v) is 6.50. The van der Waals surface area contributed by atoms with Gasteiger partial charge in [0.15, 0.2) is 5.16 Å². The van der Waals surface area contributed by atoms with Crippen LogP contribution in [0, 0.1) is 11.3 Å². The lowest BCUT2D eigenvalue weighted by atomic mass is 9.95. The van der Waals surface area contributed by atoms with Gasteiger partial charge in [0.2, 0.25) is 0 Å². The molecule has 0 bridgehead atoms. The SMILES string of the molecule is Cn1ccnc1SCC(N)(C#N)c1ccccc1. The topological polar surface area (TPSA) is 67.6 Å². The molecule has 0 fully saturated rings. The molecule has 0 aliphatic carbocycles. The Bertz CT molecular complexity index is 558. The summed E-state index contributed by atoms with van der Waals surface area (Å²) in [5.74, 6) is 0.471. The highest BCUT2D eigenvalue weighted by atomic mass is 32.2. The predicted octanol–water partition coefficient (Wildman–Crippen LogP) is 1.89. The van der Waals surface area contributed by atoms with Crippen molar-refractivity contribution in [3.8, 4) is 6.07 Å². The standard InChI is InChI=1S/C13H14N4S/c1-17-8-7-16-12(17)18-10-13(15,9-14)11-5-3-2-4-6-11/h2-8H,10,15H2,1H3. The normalized spacial score (nSPS) is 13.8. The fourth-order valence-electron chi connectivity index (χ4n) is 1.59. The average Bonchev–Trinajstić information content (AvgIpc) is 2.83. The van der Waals surface area contributed by atoms with Gasteiger partial charge < -0.3 is 10.3 Å². The van der Waals surface area contributed by atoms with Gasteiger partial charge in [0.05, 0.1) is 6.07 Å². The Morgan fingerprint density at radius 3 is 2.72 bits per heavy atom. The van der Waals surface area contributed by atoms with Crippen LogP contribution in [-0.2, 0) is 12.6 Å². The molecule has 2 N–H and O–H groups in total. The predicted molar refractivity (Wildman–Crippen MR) is 71.9 cm³/mol. The number of aryl methyl sites for hydroxylation is 1. The molecular weight excluding hydrogens is 244 g/mol. The van der Waals surface area contributed by atoms with Crippen LogP contribution in [0.1, 0.15) is 5.56 Å². The average molecular weight is 258 g/mol. The molecule has 5 heteroatoms. The number of hydrogen-bond acceptors (Lipinski definition) is 4. The third kappa shape index (κ3) is 2.55. The van der Waals surface area contributed by atoms with Crippen LogP contribution < -0.4 is 5.73 Å². The van der Waals surface area contributed by atoms with E-state index in [4.69, 9.17) is 5.73 Å². The van der Waals surface area contributed by atoms with E-state index < -0.39 is 5.54 Å². The molecule has 1 unspecified atom stereocenters. The fourth-order valence-corrected chi connectivity index (χ4v) is 2.57. The molecule has 2 rings (SSSR count). The lowest BCUT2D eigenvalue weighted by Gasteiger charge is -2.21. The van der Waals surface area contributed by atoms with Crippen LogP contribution in [-0.4, -0.2) is 15.3 Å². The summed E-state index contributed by atoms with van der Waals surface area (Å²) in [6.07, 6.45) is 3.60. The highest BCUT2D eigenvalue weighted by Crippen LogP contribution is 2.26. The van der Waals surface area contributed by atoms with Crippen LogP contribution in [0.25, 0.3) is 0 Å². The van der Waals surface area contributed by atoms with Crippen LogP contribution in [0.3, 0.4) is 0 Å². The van der Waals surface area contributed by atoms with Crippen LogP contribution in [0.5, 0.6) is 0 Å². The van der Waals surface area contributed by atoms with E-state index in [1.54, 1.807) is 6.20 Å². The van der Waals surface area contributed by atoms with Gasteiger partial charge in [-0.15, -0.1) is 0 Å². The molecule has 0 amide bonds. The maximum Gasteiger partial charge on any atom is 0.167 e. The summed E-state index contributed by atoms with van der Waals surface area (Å²) in [7, 11) is 1.92. The molecule has 1 aromatic carbocycles. The molecule has 0 aliphatic rings. The highest BCUT2D eigenvalue weighted by Gasteiger charge is 2.27. The molecule has 0 saturated carbocycles. The summed E-state index contributed by atoms with van der Waals surface area (Å²) in [6.45, 7) is 0. The third-order valence-corrected chi connectivity index (χ3v) is 3.95. The van der Waals surface area contributed by atoms with Gasteiger partial charge in [0.25, 0.3) is 0 Å². The van der Waals surface area contributed by atoms with E-state index in [1.165, 1.54) is 11.8 Å². The Morgan fingerprint density at radius 2 is 2.17 bits per heavy atom. The maximum atomic E-state index is 9.32. The Labute approximate surface area is 110 Å². The van der Waals surface area contributed by atoms with Gasteiger partial charge in [-0.05, 0) is 5.56 Å². The summed E-state index contributed by atoms with van der Waals surface area (Å²) in [5, 5.41) is 10.2. The zero-order valence-corrected chi connectivity index (χ0v) is 10.9. The molecule has 18 heavy (non-hydrogen) atoms. The number of hydrogen-bond donors (Lipinski definition) is 1. The van der Waals surface area contributed by atoms with Crippen LogP contribution in [0.2, 0.25) is 0 Å². The molecule has 1 atom stereocenters. The monoisotopic (exact) mass is 258 g/mol. The van der Waals surface area contributed by atoms with E-state index in [9.17, 15) is 5.26 Å². The second-order valence-corrected chi connectivity index (χ2v) is 5.00. The van der Waals surface area contributed by atoms with Crippen molar-refractivity contribution in [2.45, 2.75) is 10.7 Å². The first-order valence-electron chi connectivity index (χ1n) is 5.51. The third-order valence-electron chi connectivity index (χ3n) is 2.69. The Hall–Kier alpha value is -1.77. The number of aromatic nitrogens is 2. The van der Waals surface area contributed by atoms with Crippen LogP contribution in [0.15, 0.2) is 47.9 Å². The number of thioether (sulfide) groups is 1. The summed E-state index contributed by atoms with van der Waals surface area (Å²) < 4.78 is 1.91. The van der Waals surface area contributed by atoms with Gasteiger partial charge in [0.1, 0.15) is 5.54 Å². The minimum atomic E-state index is -0.988. The lowest BCUT2D eigenvalue weighted by Crippen LogP contribution is -2.37. The number of benzene rings is 1. The molecule has 0 saturated heterocycles. The fraction of sp³-hybridized carbons (Fsp3) is 0.231. The van der Waals surface area contributed by atoms with E-state index in [0.717, 1.165) is 10.7 Å². The van der Waals surface area contributed by atoms with E-state index in [0.29, 0.717) is 5.75 Å². The van der Waals surface area contributed by atoms with Gasteiger partial charge in [-0.3, -0.25) is 0 Å². The van der Waals surface area contributed by atoms with Crippen molar-refractivity contribution in [3.63, 3.8) is 0 Å². The van der Waals surface area contributed by atoms with Gasteiger partial charge in [0, 0.05) is 25.2 Å². The highest BCUT2D eigenvalue weighted by molar-refractivity contribution is 7.99. The number of nitriles is 1. The molecule has 0 spiro atoms. The molecule has 92 valence electrons. The zero-order valence-electron chi connectivity index (χ0n) is 10.1. The Balaban J connectivity index is 2.15. The number of rotatable bonds is 4. The summed E-state index contributed by atoms with van der Waals surface area (Å²) in [5.41, 5.74) is 6.01. The smallest absolute Gasteiger partial charge is 0.167 e.